The average molecular weight is 243 g/mol. The van der Waals surface area contributed by atoms with E-state index in [2.05, 4.69) is 5.32 Å². The minimum Gasteiger partial charge on any atom is -0.481 e. The van der Waals surface area contributed by atoms with Crippen molar-refractivity contribution in [3.63, 3.8) is 0 Å². The summed E-state index contributed by atoms with van der Waals surface area (Å²) in [4.78, 5) is 35.3. The van der Waals surface area contributed by atoms with E-state index in [1.807, 2.05) is 0 Å². The normalized spacial score (nSPS) is 21.9. The summed E-state index contributed by atoms with van der Waals surface area (Å²) in [5.74, 6) is -1.82. The number of rotatable bonds is 4. The van der Waals surface area contributed by atoms with E-state index in [0.717, 1.165) is 0 Å². The Balaban J connectivity index is 2.72. The molecule has 0 aliphatic carbocycles. The first-order valence-corrected chi connectivity index (χ1v) is 5.53. The van der Waals surface area contributed by atoms with Crippen molar-refractivity contribution in [1.82, 2.24) is 10.2 Å². The van der Waals surface area contributed by atoms with Crippen molar-refractivity contribution in [2.75, 3.05) is 13.1 Å². The first-order chi connectivity index (χ1) is 7.97. The minimum atomic E-state index is -1.12. The number of aliphatic carboxylic acids is 1. The Hall–Kier alpha value is -1.63. The molecule has 1 aliphatic rings. The second-order valence-corrected chi connectivity index (χ2v) is 3.95. The van der Waals surface area contributed by atoms with Crippen LogP contribution in [0.3, 0.4) is 0 Å². The quantitative estimate of drug-likeness (QED) is 0.557. The van der Waals surface area contributed by atoms with Crippen LogP contribution in [0, 0.1) is 0 Å². The molecule has 1 heterocycles. The molecule has 0 bridgehead atoms. The van der Waals surface area contributed by atoms with E-state index in [-0.39, 0.29) is 5.91 Å². The van der Waals surface area contributed by atoms with Crippen LogP contribution in [0.25, 0.3) is 0 Å². The Labute approximate surface area is 98.9 Å². The van der Waals surface area contributed by atoms with E-state index in [9.17, 15) is 14.4 Å². The molecule has 17 heavy (non-hydrogen) atoms. The maximum absolute atomic E-state index is 11.9. The third-order valence-electron chi connectivity index (χ3n) is 2.71. The zero-order valence-electron chi connectivity index (χ0n) is 9.68. The highest BCUT2D eigenvalue weighted by Gasteiger charge is 2.34. The third kappa shape index (κ3) is 3.16. The highest BCUT2D eigenvalue weighted by atomic mass is 16.4. The zero-order chi connectivity index (χ0) is 13.0. The summed E-state index contributed by atoms with van der Waals surface area (Å²) >= 11 is 0. The molecule has 1 fully saturated rings. The lowest BCUT2D eigenvalue weighted by molar-refractivity contribution is -0.147. The van der Waals surface area contributed by atoms with Gasteiger partial charge in [0.1, 0.15) is 6.04 Å². The van der Waals surface area contributed by atoms with Gasteiger partial charge in [0.15, 0.2) is 0 Å². The molecular formula is C10H17N3O4. The van der Waals surface area contributed by atoms with Gasteiger partial charge in [-0.3, -0.25) is 14.4 Å². The monoisotopic (exact) mass is 243 g/mol. The smallest absolute Gasteiger partial charge is 0.305 e. The van der Waals surface area contributed by atoms with E-state index in [1.54, 1.807) is 6.92 Å². The molecule has 0 saturated carbocycles. The molecule has 0 aromatic carbocycles. The molecule has 1 rings (SSSR count). The number of nitrogens with zero attached hydrogens (tertiary/aromatic N) is 1. The molecular weight excluding hydrogens is 226 g/mol. The Morgan fingerprint density at radius 3 is 2.82 bits per heavy atom. The van der Waals surface area contributed by atoms with Crippen LogP contribution < -0.4 is 11.1 Å². The van der Waals surface area contributed by atoms with Crippen molar-refractivity contribution in [2.24, 2.45) is 5.73 Å². The fourth-order valence-electron chi connectivity index (χ4n) is 1.87. The summed E-state index contributed by atoms with van der Waals surface area (Å²) in [6, 6.07) is -1.64. The fraction of sp³-hybridized carbons (Fsp3) is 0.700. The predicted octanol–water partition coefficient (Wildman–Crippen LogP) is -1.47. The van der Waals surface area contributed by atoms with Crippen LogP contribution in [0.2, 0.25) is 0 Å². The number of carboxylic acids is 1. The Morgan fingerprint density at radius 1 is 1.65 bits per heavy atom. The van der Waals surface area contributed by atoms with Gasteiger partial charge in [-0.1, -0.05) is 6.92 Å². The lowest BCUT2D eigenvalue weighted by Crippen LogP contribution is -2.60. The molecule has 7 nitrogen and oxygen atoms in total. The zero-order valence-corrected chi connectivity index (χ0v) is 9.68. The van der Waals surface area contributed by atoms with Crippen LogP contribution in [0.15, 0.2) is 0 Å². The summed E-state index contributed by atoms with van der Waals surface area (Å²) in [5.41, 5.74) is 5.51. The second-order valence-electron chi connectivity index (χ2n) is 3.95. The molecule has 1 saturated heterocycles. The molecule has 7 heteroatoms. The Morgan fingerprint density at radius 2 is 2.29 bits per heavy atom. The summed E-state index contributed by atoms with van der Waals surface area (Å²) < 4.78 is 0. The summed E-state index contributed by atoms with van der Waals surface area (Å²) in [6.07, 6.45) is 0.0603. The standard InChI is InChI=1S/C10H17N3O4/c1-2-7-9(16)12-3-4-13(7)10(17)6(11)5-8(14)15/h6-7H,2-5,11H2,1H3,(H,12,16)(H,14,15). The molecule has 4 N–H and O–H groups in total. The minimum absolute atomic E-state index is 0.213. The number of carboxylic acid groups (broad SMARTS) is 1. The maximum Gasteiger partial charge on any atom is 0.305 e. The van der Waals surface area contributed by atoms with Crippen LogP contribution in [0.4, 0.5) is 0 Å². The third-order valence-corrected chi connectivity index (χ3v) is 2.71. The largest absolute Gasteiger partial charge is 0.481 e. The Bertz CT molecular complexity index is 332. The van der Waals surface area contributed by atoms with Gasteiger partial charge >= 0.3 is 5.97 Å². The number of carbonyl (C=O) groups excluding carboxylic acids is 2. The van der Waals surface area contributed by atoms with Crippen LogP contribution in [0.5, 0.6) is 0 Å². The van der Waals surface area contributed by atoms with E-state index >= 15 is 0 Å². The molecule has 2 amide bonds. The molecule has 2 atom stereocenters. The predicted molar refractivity (Wildman–Crippen MR) is 59.0 cm³/mol. The van der Waals surface area contributed by atoms with E-state index in [1.165, 1.54) is 4.90 Å². The molecule has 2 unspecified atom stereocenters. The number of amides is 2. The highest BCUT2D eigenvalue weighted by Crippen LogP contribution is 2.10. The van der Waals surface area contributed by atoms with Gasteiger partial charge < -0.3 is 21.1 Å². The number of piperazine rings is 1. The number of hydrogen-bond donors (Lipinski definition) is 3. The van der Waals surface area contributed by atoms with Crippen LogP contribution >= 0.6 is 0 Å². The number of nitrogens with two attached hydrogens (primary N) is 1. The van der Waals surface area contributed by atoms with Gasteiger partial charge in [0.2, 0.25) is 11.8 Å². The molecule has 0 radical (unpaired) electrons. The maximum atomic E-state index is 11.9. The first-order valence-electron chi connectivity index (χ1n) is 5.53. The summed E-state index contributed by atoms with van der Waals surface area (Å²) in [6.45, 7) is 2.54. The first kappa shape index (κ1) is 13.4. The van der Waals surface area contributed by atoms with Crippen molar-refractivity contribution in [1.29, 1.82) is 0 Å². The molecule has 96 valence electrons. The van der Waals surface area contributed by atoms with Crippen LogP contribution in [-0.2, 0) is 14.4 Å². The van der Waals surface area contributed by atoms with Gasteiger partial charge in [0, 0.05) is 13.1 Å². The van der Waals surface area contributed by atoms with Crippen molar-refractivity contribution in [3.8, 4) is 0 Å². The van der Waals surface area contributed by atoms with Crippen molar-refractivity contribution >= 4 is 17.8 Å². The number of hydrogen-bond acceptors (Lipinski definition) is 4. The SMILES string of the molecule is CCC1C(=O)NCCN1C(=O)C(N)CC(=O)O. The van der Waals surface area contributed by atoms with E-state index < -0.39 is 30.4 Å². The van der Waals surface area contributed by atoms with Gasteiger partial charge in [0.25, 0.3) is 0 Å². The fourth-order valence-corrected chi connectivity index (χ4v) is 1.87. The van der Waals surface area contributed by atoms with Crippen LogP contribution in [-0.4, -0.2) is 53.0 Å². The van der Waals surface area contributed by atoms with Crippen LogP contribution in [0.1, 0.15) is 19.8 Å². The molecule has 0 aromatic rings. The molecule has 1 aliphatic heterocycles. The second kappa shape index (κ2) is 5.62. The average Bonchev–Trinajstić information content (AvgIpc) is 2.26. The van der Waals surface area contributed by atoms with Crippen molar-refractivity contribution in [3.05, 3.63) is 0 Å². The van der Waals surface area contributed by atoms with Gasteiger partial charge in [-0.25, -0.2) is 0 Å². The lowest BCUT2D eigenvalue weighted by atomic mass is 10.1. The van der Waals surface area contributed by atoms with Crippen molar-refractivity contribution < 1.29 is 19.5 Å². The van der Waals surface area contributed by atoms with Gasteiger partial charge in [0.05, 0.1) is 12.5 Å². The lowest BCUT2D eigenvalue weighted by Gasteiger charge is -2.35. The summed E-state index contributed by atoms with van der Waals surface area (Å²) in [5, 5.41) is 11.2. The van der Waals surface area contributed by atoms with Gasteiger partial charge in [-0.2, -0.15) is 0 Å². The van der Waals surface area contributed by atoms with E-state index in [0.29, 0.717) is 19.5 Å². The summed E-state index contributed by atoms with van der Waals surface area (Å²) in [7, 11) is 0. The topological polar surface area (TPSA) is 113 Å². The number of carbonyl (C=O) groups is 3. The van der Waals surface area contributed by atoms with Gasteiger partial charge in [-0.15, -0.1) is 0 Å². The molecule has 0 spiro atoms. The molecule has 0 aromatic heterocycles. The Kier molecular flexibility index (Phi) is 4.45. The van der Waals surface area contributed by atoms with E-state index in [4.69, 9.17) is 10.8 Å². The highest BCUT2D eigenvalue weighted by molar-refractivity contribution is 5.92. The van der Waals surface area contributed by atoms with Gasteiger partial charge in [-0.05, 0) is 6.42 Å². The van der Waals surface area contributed by atoms with Crippen molar-refractivity contribution in [2.45, 2.75) is 31.8 Å². The number of nitrogens with one attached hydrogen (secondary N) is 1.